The summed E-state index contributed by atoms with van der Waals surface area (Å²) in [6.45, 7) is 9.11. The SMILES string of the molecule is C/C=C\c1cc(OCCC2CN(N(C)O)C2)ccc1C.CCCc1cc(Cl)c(OCCCl)c(C#N)c1. The summed E-state index contributed by atoms with van der Waals surface area (Å²) in [6.07, 6.45) is 7.09. The molecule has 3 rings (SSSR count). The van der Waals surface area contributed by atoms with Crippen LogP contribution in [0.1, 0.15) is 48.9 Å². The summed E-state index contributed by atoms with van der Waals surface area (Å²) < 4.78 is 11.2. The van der Waals surface area contributed by atoms with E-state index in [2.05, 4.69) is 38.1 Å². The molecule has 0 spiro atoms. The van der Waals surface area contributed by atoms with Crippen molar-refractivity contribution in [1.29, 1.82) is 5.26 Å². The van der Waals surface area contributed by atoms with Gasteiger partial charge in [-0.3, -0.25) is 5.21 Å². The second kappa shape index (κ2) is 15.8. The van der Waals surface area contributed by atoms with Gasteiger partial charge in [-0.2, -0.15) is 5.26 Å². The first-order valence-corrected chi connectivity index (χ1v) is 13.2. The zero-order valence-electron chi connectivity index (χ0n) is 21.6. The van der Waals surface area contributed by atoms with E-state index in [1.165, 1.54) is 16.3 Å². The number of ether oxygens (including phenoxy) is 2. The Bertz CT molecular complexity index is 1030. The van der Waals surface area contributed by atoms with Crippen molar-refractivity contribution in [2.24, 2.45) is 5.92 Å². The van der Waals surface area contributed by atoms with Crippen molar-refractivity contribution >= 4 is 29.3 Å². The Balaban J connectivity index is 0.000000261. The van der Waals surface area contributed by atoms with Crippen LogP contribution in [0, 0.1) is 24.2 Å². The van der Waals surface area contributed by atoms with Crippen LogP contribution in [0.3, 0.4) is 0 Å². The number of hydrazine groups is 1. The molecule has 1 aliphatic heterocycles. The lowest BCUT2D eigenvalue weighted by atomic mass is 9.99. The maximum Gasteiger partial charge on any atom is 0.155 e. The molecular formula is C28H37Cl2N3O3. The Morgan fingerprint density at radius 2 is 1.97 bits per heavy atom. The molecular weight excluding hydrogens is 497 g/mol. The first-order chi connectivity index (χ1) is 17.3. The van der Waals surface area contributed by atoms with Gasteiger partial charge in [-0.1, -0.05) is 43.2 Å². The molecule has 1 fully saturated rings. The fraction of sp³-hybridized carbons (Fsp3) is 0.464. The quantitative estimate of drug-likeness (QED) is 0.254. The molecule has 36 heavy (non-hydrogen) atoms. The minimum atomic E-state index is 0.350. The molecule has 0 unspecified atom stereocenters. The fourth-order valence-electron chi connectivity index (χ4n) is 3.83. The third-order valence-electron chi connectivity index (χ3n) is 5.83. The average molecular weight is 535 g/mol. The number of halogens is 2. The number of benzene rings is 2. The van der Waals surface area contributed by atoms with E-state index in [0.29, 0.717) is 34.7 Å². The van der Waals surface area contributed by atoms with Crippen LogP contribution in [-0.2, 0) is 6.42 Å². The largest absolute Gasteiger partial charge is 0.494 e. The second-order valence-corrected chi connectivity index (χ2v) is 9.52. The highest BCUT2D eigenvalue weighted by molar-refractivity contribution is 6.32. The first-order valence-electron chi connectivity index (χ1n) is 12.3. The molecule has 1 saturated heterocycles. The second-order valence-electron chi connectivity index (χ2n) is 8.74. The topological polar surface area (TPSA) is 69.0 Å². The van der Waals surface area contributed by atoms with Gasteiger partial charge in [0.2, 0.25) is 0 Å². The monoisotopic (exact) mass is 533 g/mol. The van der Waals surface area contributed by atoms with Crippen molar-refractivity contribution in [2.75, 3.05) is 39.2 Å². The van der Waals surface area contributed by atoms with Gasteiger partial charge in [0.25, 0.3) is 0 Å². The van der Waals surface area contributed by atoms with E-state index in [4.69, 9.17) is 37.9 Å². The smallest absolute Gasteiger partial charge is 0.155 e. The Hall–Kier alpha value is -2.27. The highest BCUT2D eigenvalue weighted by atomic mass is 35.5. The van der Waals surface area contributed by atoms with Crippen molar-refractivity contribution in [1.82, 2.24) is 10.2 Å². The lowest BCUT2D eigenvalue weighted by molar-refractivity contribution is -0.265. The van der Waals surface area contributed by atoms with Gasteiger partial charge in [0.1, 0.15) is 18.4 Å². The number of nitrogens with zero attached hydrogens (tertiary/aromatic N) is 3. The van der Waals surface area contributed by atoms with Crippen LogP contribution in [0.15, 0.2) is 36.4 Å². The molecule has 0 radical (unpaired) electrons. The minimum Gasteiger partial charge on any atom is -0.494 e. The van der Waals surface area contributed by atoms with Gasteiger partial charge in [0.15, 0.2) is 5.75 Å². The van der Waals surface area contributed by atoms with E-state index in [0.717, 1.165) is 50.3 Å². The molecule has 8 heteroatoms. The van der Waals surface area contributed by atoms with Crippen LogP contribution in [0.2, 0.25) is 5.02 Å². The molecule has 1 heterocycles. The number of hydrogen-bond donors (Lipinski definition) is 1. The predicted molar refractivity (Wildman–Crippen MR) is 147 cm³/mol. The van der Waals surface area contributed by atoms with Gasteiger partial charge in [0, 0.05) is 20.1 Å². The van der Waals surface area contributed by atoms with Gasteiger partial charge in [-0.15, -0.1) is 16.8 Å². The number of aryl methyl sites for hydroxylation is 2. The summed E-state index contributed by atoms with van der Waals surface area (Å²) in [5, 5.41) is 21.8. The third-order valence-corrected chi connectivity index (χ3v) is 6.26. The van der Waals surface area contributed by atoms with Crippen LogP contribution >= 0.6 is 23.2 Å². The van der Waals surface area contributed by atoms with Gasteiger partial charge in [-0.05, 0) is 73.6 Å². The maximum atomic E-state index is 9.22. The molecule has 0 amide bonds. The maximum absolute atomic E-state index is 9.22. The summed E-state index contributed by atoms with van der Waals surface area (Å²) in [4.78, 5) is 0. The van der Waals surface area contributed by atoms with Crippen LogP contribution in [-0.4, -0.2) is 54.6 Å². The Kier molecular flexibility index (Phi) is 13.1. The molecule has 2 aromatic carbocycles. The van der Waals surface area contributed by atoms with Gasteiger partial charge < -0.3 is 9.47 Å². The molecule has 0 bridgehead atoms. The molecule has 0 atom stereocenters. The average Bonchev–Trinajstić information content (AvgIpc) is 2.82. The zero-order chi connectivity index (χ0) is 26.5. The number of hydrogen-bond acceptors (Lipinski definition) is 6. The molecule has 0 aliphatic carbocycles. The molecule has 2 aromatic rings. The number of alkyl halides is 1. The van der Waals surface area contributed by atoms with E-state index >= 15 is 0 Å². The molecule has 0 aromatic heterocycles. The lowest BCUT2D eigenvalue weighted by Gasteiger charge is -2.41. The number of allylic oxidation sites excluding steroid dienone is 1. The van der Waals surface area contributed by atoms with Gasteiger partial charge in [-0.25, -0.2) is 5.01 Å². The van der Waals surface area contributed by atoms with Crippen molar-refractivity contribution in [3.63, 3.8) is 0 Å². The number of hydroxylamine groups is 1. The predicted octanol–water partition coefficient (Wildman–Crippen LogP) is 6.75. The van der Waals surface area contributed by atoms with Crippen LogP contribution in [0.5, 0.6) is 11.5 Å². The summed E-state index contributed by atoms with van der Waals surface area (Å²) in [5.41, 5.74) is 4.00. The summed E-state index contributed by atoms with van der Waals surface area (Å²) in [7, 11) is 1.65. The van der Waals surface area contributed by atoms with Crippen LogP contribution < -0.4 is 9.47 Å². The van der Waals surface area contributed by atoms with Crippen LogP contribution in [0.4, 0.5) is 0 Å². The van der Waals surface area contributed by atoms with Crippen LogP contribution in [0.25, 0.3) is 6.08 Å². The normalized spacial score (nSPS) is 13.8. The molecule has 6 nitrogen and oxygen atoms in total. The van der Waals surface area contributed by atoms with Crippen molar-refractivity contribution in [2.45, 2.75) is 40.0 Å². The van der Waals surface area contributed by atoms with Gasteiger partial charge >= 0.3 is 0 Å². The summed E-state index contributed by atoms with van der Waals surface area (Å²) in [5.74, 6) is 2.35. The Morgan fingerprint density at radius 1 is 1.22 bits per heavy atom. The highest BCUT2D eigenvalue weighted by Gasteiger charge is 2.28. The standard InChI is InChI=1S/C16H24N2O2.C12H13Cl2NO/c1-4-5-15-10-16(7-6-13(15)2)20-9-8-14-11-18(12-14)17(3)19;1-2-3-9-6-10(8-15)12(11(14)7-9)16-5-4-13/h4-7,10,14,19H,8-9,11-12H2,1-3H3;6-7H,2-5H2,1H3/b5-4-;. The van der Waals surface area contributed by atoms with Gasteiger partial charge in [0.05, 0.1) is 23.1 Å². The van der Waals surface area contributed by atoms with Crippen molar-refractivity contribution in [3.05, 3.63) is 63.7 Å². The van der Waals surface area contributed by atoms with Crippen molar-refractivity contribution < 1.29 is 14.7 Å². The van der Waals surface area contributed by atoms with E-state index in [-0.39, 0.29) is 0 Å². The minimum absolute atomic E-state index is 0.350. The number of nitriles is 1. The lowest BCUT2D eigenvalue weighted by Crippen LogP contribution is -2.53. The van der Waals surface area contributed by atoms with E-state index in [1.807, 2.05) is 36.2 Å². The Morgan fingerprint density at radius 3 is 2.58 bits per heavy atom. The number of rotatable bonds is 11. The van der Waals surface area contributed by atoms with E-state index in [9.17, 15) is 5.21 Å². The third kappa shape index (κ3) is 9.31. The molecule has 196 valence electrons. The first kappa shape index (κ1) is 30.0. The molecule has 1 N–H and O–H groups in total. The zero-order valence-corrected chi connectivity index (χ0v) is 23.1. The van der Waals surface area contributed by atoms with Crippen molar-refractivity contribution in [3.8, 4) is 17.6 Å². The Labute approximate surface area is 225 Å². The fourth-order valence-corrected chi connectivity index (χ4v) is 4.20. The molecule has 0 saturated carbocycles. The highest BCUT2D eigenvalue weighted by Crippen LogP contribution is 2.30. The molecule has 1 aliphatic rings. The van der Waals surface area contributed by atoms with E-state index in [1.54, 1.807) is 7.05 Å². The summed E-state index contributed by atoms with van der Waals surface area (Å²) in [6, 6.07) is 12.0. The van der Waals surface area contributed by atoms with E-state index < -0.39 is 0 Å². The summed E-state index contributed by atoms with van der Waals surface area (Å²) >= 11 is 11.6.